The van der Waals surface area contributed by atoms with E-state index in [1.165, 1.54) is 16.7 Å². The van der Waals surface area contributed by atoms with Crippen LogP contribution in [-0.2, 0) is 16.1 Å². The molecule has 0 aliphatic carbocycles. The molecule has 0 bridgehead atoms. The first-order valence-corrected chi connectivity index (χ1v) is 7.11. The summed E-state index contributed by atoms with van der Waals surface area (Å²) in [6.07, 6.45) is 0. The molecule has 1 aromatic carbocycles. The van der Waals surface area contributed by atoms with E-state index in [2.05, 4.69) is 5.32 Å². The summed E-state index contributed by atoms with van der Waals surface area (Å²) in [5, 5.41) is 3.22. The summed E-state index contributed by atoms with van der Waals surface area (Å²) < 4.78 is 0. The highest BCUT2D eigenvalue weighted by molar-refractivity contribution is 8.00. The summed E-state index contributed by atoms with van der Waals surface area (Å²) in [7, 11) is 0. The Morgan fingerprint density at radius 3 is 2.67 bits per heavy atom. The lowest BCUT2D eigenvalue weighted by atomic mass is 10.2. The van der Waals surface area contributed by atoms with E-state index in [1.807, 2.05) is 25.1 Å². The number of carbonyl (C=O) groups is 2. The van der Waals surface area contributed by atoms with E-state index in [9.17, 15) is 9.59 Å². The fourth-order valence-electron chi connectivity index (χ4n) is 1.86. The second kappa shape index (κ2) is 6.02. The molecular formula is C13H16N2O2S. The molecule has 1 aliphatic rings. The smallest absolute Gasteiger partial charge is 0.243 e. The largest absolute Gasteiger partial charge is 0.313 e. The monoisotopic (exact) mass is 264 g/mol. The Kier molecular flexibility index (Phi) is 4.38. The zero-order valence-electron chi connectivity index (χ0n) is 10.3. The molecule has 0 atom stereocenters. The van der Waals surface area contributed by atoms with Gasteiger partial charge >= 0.3 is 0 Å². The van der Waals surface area contributed by atoms with Crippen LogP contribution in [-0.4, -0.2) is 29.9 Å². The van der Waals surface area contributed by atoms with Crippen molar-refractivity contribution in [3.63, 3.8) is 0 Å². The van der Waals surface area contributed by atoms with Gasteiger partial charge in [-0.3, -0.25) is 9.59 Å². The number of hydrogen-bond donors (Lipinski definition) is 1. The zero-order valence-corrected chi connectivity index (χ0v) is 11.1. The molecule has 96 valence electrons. The van der Waals surface area contributed by atoms with Crippen molar-refractivity contribution in [3.8, 4) is 0 Å². The van der Waals surface area contributed by atoms with Crippen LogP contribution in [0.2, 0.25) is 0 Å². The molecule has 0 aromatic heterocycles. The second-order valence-corrected chi connectivity index (χ2v) is 5.05. The summed E-state index contributed by atoms with van der Waals surface area (Å²) in [6, 6.07) is 7.57. The molecule has 0 spiro atoms. The average Bonchev–Trinajstić information content (AvgIpc) is 2.37. The summed E-state index contributed by atoms with van der Waals surface area (Å²) in [6.45, 7) is 3.68. The topological polar surface area (TPSA) is 49.4 Å². The van der Waals surface area contributed by atoms with E-state index in [4.69, 9.17) is 0 Å². The molecular weight excluding hydrogens is 248 g/mol. The van der Waals surface area contributed by atoms with Gasteiger partial charge in [0.25, 0.3) is 0 Å². The molecule has 1 N–H and O–H groups in total. The molecule has 4 nitrogen and oxygen atoms in total. The Balaban J connectivity index is 2.21. The van der Waals surface area contributed by atoms with Gasteiger partial charge < -0.3 is 5.32 Å². The lowest BCUT2D eigenvalue weighted by Gasteiger charge is -2.24. The number of thioether (sulfide) groups is 1. The van der Waals surface area contributed by atoms with Gasteiger partial charge in [0.05, 0.1) is 17.2 Å². The van der Waals surface area contributed by atoms with Gasteiger partial charge in [-0.15, -0.1) is 11.8 Å². The maximum absolute atomic E-state index is 11.8. The van der Waals surface area contributed by atoms with Crippen molar-refractivity contribution in [1.29, 1.82) is 0 Å². The van der Waals surface area contributed by atoms with Gasteiger partial charge in [-0.2, -0.15) is 0 Å². The Morgan fingerprint density at radius 2 is 2.00 bits per heavy atom. The van der Waals surface area contributed by atoms with Gasteiger partial charge in [-0.25, -0.2) is 4.90 Å². The standard InChI is InChI=1S/C13H16N2O2S/c1-2-14-7-10-4-3-5-11(6-10)15-12(16)8-18-9-13(15)17/h3-6,14H,2,7-9H2,1H3. The van der Waals surface area contributed by atoms with E-state index < -0.39 is 0 Å². The van der Waals surface area contributed by atoms with Crippen molar-refractivity contribution in [3.05, 3.63) is 29.8 Å². The minimum atomic E-state index is -0.128. The quantitative estimate of drug-likeness (QED) is 0.835. The maximum Gasteiger partial charge on any atom is 0.243 e. The van der Waals surface area contributed by atoms with E-state index >= 15 is 0 Å². The van der Waals surface area contributed by atoms with Crippen molar-refractivity contribution in [1.82, 2.24) is 5.32 Å². The van der Waals surface area contributed by atoms with Crippen molar-refractivity contribution >= 4 is 29.3 Å². The van der Waals surface area contributed by atoms with Crippen LogP contribution in [0.4, 0.5) is 5.69 Å². The van der Waals surface area contributed by atoms with Crippen LogP contribution in [0.5, 0.6) is 0 Å². The molecule has 5 heteroatoms. The van der Waals surface area contributed by atoms with Crippen molar-refractivity contribution in [2.24, 2.45) is 0 Å². The molecule has 18 heavy (non-hydrogen) atoms. The molecule has 2 rings (SSSR count). The lowest BCUT2D eigenvalue weighted by molar-refractivity contribution is -0.124. The van der Waals surface area contributed by atoms with Gasteiger partial charge in [0.15, 0.2) is 0 Å². The summed E-state index contributed by atoms with van der Waals surface area (Å²) >= 11 is 1.37. The molecule has 1 fully saturated rings. The summed E-state index contributed by atoms with van der Waals surface area (Å²) in [4.78, 5) is 24.9. The van der Waals surface area contributed by atoms with Gasteiger partial charge in [-0.05, 0) is 24.2 Å². The predicted molar refractivity (Wildman–Crippen MR) is 73.6 cm³/mol. The number of anilines is 1. The summed E-state index contributed by atoms with van der Waals surface area (Å²) in [5.74, 6) is 0.500. The van der Waals surface area contributed by atoms with Crippen LogP contribution >= 0.6 is 11.8 Å². The fraction of sp³-hybridized carbons (Fsp3) is 0.385. The highest BCUT2D eigenvalue weighted by Gasteiger charge is 2.27. The Labute approximate surface area is 111 Å². The molecule has 0 saturated carbocycles. The second-order valence-electron chi connectivity index (χ2n) is 4.07. The van der Waals surface area contributed by atoms with E-state index in [-0.39, 0.29) is 11.8 Å². The molecule has 1 saturated heterocycles. The molecule has 1 aromatic rings. The molecule has 2 amide bonds. The predicted octanol–water partition coefficient (Wildman–Crippen LogP) is 1.40. The Bertz CT molecular complexity index is 446. The van der Waals surface area contributed by atoms with Crippen LogP contribution in [0.25, 0.3) is 0 Å². The van der Waals surface area contributed by atoms with E-state index in [1.54, 1.807) is 6.07 Å². The highest BCUT2D eigenvalue weighted by atomic mass is 32.2. The minimum absolute atomic E-state index is 0.128. The van der Waals surface area contributed by atoms with E-state index in [0.717, 1.165) is 18.7 Å². The number of benzene rings is 1. The fourth-order valence-corrected chi connectivity index (χ4v) is 2.57. The number of rotatable bonds is 4. The Morgan fingerprint density at radius 1 is 1.28 bits per heavy atom. The molecule has 1 heterocycles. The normalized spacial score (nSPS) is 16.2. The van der Waals surface area contributed by atoms with Gasteiger partial charge in [0, 0.05) is 6.54 Å². The third kappa shape index (κ3) is 2.91. The highest BCUT2D eigenvalue weighted by Crippen LogP contribution is 2.22. The SMILES string of the molecule is CCNCc1cccc(N2C(=O)CSCC2=O)c1. The third-order valence-corrected chi connectivity index (χ3v) is 3.60. The lowest BCUT2D eigenvalue weighted by Crippen LogP contribution is -2.43. The van der Waals surface area contributed by atoms with Crippen LogP contribution in [0, 0.1) is 0 Å². The van der Waals surface area contributed by atoms with Crippen LogP contribution < -0.4 is 10.2 Å². The van der Waals surface area contributed by atoms with Crippen molar-refractivity contribution < 1.29 is 9.59 Å². The number of carbonyl (C=O) groups excluding carboxylic acids is 2. The first-order chi connectivity index (χ1) is 8.72. The number of nitrogens with one attached hydrogen (secondary N) is 1. The van der Waals surface area contributed by atoms with Crippen LogP contribution in [0.3, 0.4) is 0 Å². The Hall–Kier alpha value is -1.33. The first-order valence-electron chi connectivity index (χ1n) is 5.95. The molecule has 0 radical (unpaired) electrons. The molecule has 0 unspecified atom stereocenters. The van der Waals surface area contributed by atoms with Crippen LogP contribution in [0.15, 0.2) is 24.3 Å². The number of hydrogen-bond acceptors (Lipinski definition) is 4. The van der Waals surface area contributed by atoms with Crippen molar-refractivity contribution in [2.75, 3.05) is 23.0 Å². The minimum Gasteiger partial charge on any atom is -0.313 e. The van der Waals surface area contributed by atoms with Gasteiger partial charge in [0.1, 0.15) is 0 Å². The van der Waals surface area contributed by atoms with Gasteiger partial charge in [0.2, 0.25) is 11.8 Å². The summed E-state index contributed by atoms with van der Waals surface area (Å²) in [5.41, 5.74) is 1.76. The maximum atomic E-state index is 11.8. The van der Waals surface area contributed by atoms with Crippen molar-refractivity contribution in [2.45, 2.75) is 13.5 Å². The molecule has 1 aliphatic heterocycles. The third-order valence-electron chi connectivity index (χ3n) is 2.70. The zero-order chi connectivity index (χ0) is 13.0. The van der Waals surface area contributed by atoms with Crippen LogP contribution in [0.1, 0.15) is 12.5 Å². The van der Waals surface area contributed by atoms with E-state index in [0.29, 0.717) is 17.2 Å². The number of nitrogens with zero attached hydrogens (tertiary/aromatic N) is 1. The average molecular weight is 264 g/mol. The van der Waals surface area contributed by atoms with Gasteiger partial charge in [-0.1, -0.05) is 19.1 Å². The number of amides is 2. The first kappa shape index (κ1) is 13.1. The number of imide groups is 1.